The number of benzene rings is 2. The van der Waals surface area contributed by atoms with Gasteiger partial charge in [-0.15, -0.1) is 0 Å². The lowest BCUT2D eigenvalue weighted by atomic mass is 10.1. The molecule has 0 aliphatic carbocycles. The van der Waals surface area contributed by atoms with Crippen molar-refractivity contribution in [2.24, 2.45) is 0 Å². The smallest absolute Gasteiger partial charge is 0.257 e. The van der Waals surface area contributed by atoms with Crippen LogP contribution < -0.4 is 5.32 Å². The summed E-state index contributed by atoms with van der Waals surface area (Å²) in [6.07, 6.45) is 4.10. The molecule has 3 aromatic rings. The van der Waals surface area contributed by atoms with E-state index in [2.05, 4.69) is 16.5 Å². The molecule has 8 heteroatoms. The highest BCUT2D eigenvalue weighted by molar-refractivity contribution is 6.04. The SMILES string of the molecule is C=CC(=O)N1CCCCC(n2c(NC(=O)c3ccccc3)nc3cccc(COCCOC)c32)C1. The molecule has 184 valence electrons. The van der Waals surface area contributed by atoms with Crippen LogP contribution in [-0.2, 0) is 20.9 Å². The molecule has 2 amide bonds. The lowest BCUT2D eigenvalue weighted by molar-refractivity contribution is -0.126. The Morgan fingerprint density at radius 2 is 1.97 bits per heavy atom. The minimum atomic E-state index is -0.229. The van der Waals surface area contributed by atoms with E-state index in [1.54, 1.807) is 19.2 Å². The maximum Gasteiger partial charge on any atom is 0.257 e. The van der Waals surface area contributed by atoms with Gasteiger partial charge >= 0.3 is 0 Å². The predicted octanol–water partition coefficient (Wildman–Crippen LogP) is 4.19. The number of amides is 2. The predicted molar refractivity (Wildman–Crippen MR) is 135 cm³/mol. The van der Waals surface area contributed by atoms with E-state index in [0.717, 1.165) is 35.9 Å². The first-order chi connectivity index (χ1) is 17.1. The number of aromatic nitrogens is 2. The van der Waals surface area contributed by atoms with Crippen LogP contribution >= 0.6 is 0 Å². The Labute approximate surface area is 205 Å². The van der Waals surface area contributed by atoms with E-state index in [1.807, 2.05) is 41.3 Å². The number of para-hydroxylation sites is 1. The molecule has 1 unspecified atom stereocenters. The van der Waals surface area contributed by atoms with Gasteiger partial charge in [-0.2, -0.15) is 0 Å². The molecular weight excluding hydrogens is 444 g/mol. The molecule has 2 aromatic carbocycles. The zero-order valence-electron chi connectivity index (χ0n) is 20.1. The summed E-state index contributed by atoms with van der Waals surface area (Å²) in [5.74, 6) is 0.156. The van der Waals surface area contributed by atoms with Gasteiger partial charge in [-0.3, -0.25) is 14.9 Å². The van der Waals surface area contributed by atoms with Crippen molar-refractivity contribution in [3.63, 3.8) is 0 Å². The van der Waals surface area contributed by atoms with Gasteiger partial charge in [0, 0.05) is 31.3 Å². The Hall–Kier alpha value is -3.49. The average molecular weight is 477 g/mol. The summed E-state index contributed by atoms with van der Waals surface area (Å²) in [5.41, 5.74) is 3.20. The normalized spacial score (nSPS) is 16.1. The standard InChI is InChI=1S/C27H32N4O4/c1-3-24(32)30-15-8-7-13-22(18-30)31-25-21(19-35-17-16-34-2)12-9-14-23(25)28-27(31)29-26(33)20-10-5-4-6-11-20/h3-6,9-12,14,22H,1,7-8,13,15-19H2,2H3,(H,28,29,33). The number of nitrogens with one attached hydrogen (secondary N) is 1. The highest BCUT2D eigenvalue weighted by atomic mass is 16.5. The van der Waals surface area contributed by atoms with Crippen LogP contribution in [0.15, 0.2) is 61.2 Å². The number of methoxy groups -OCH3 is 1. The molecule has 0 bridgehead atoms. The van der Waals surface area contributed by atoms with Crippen molar-refractivity contribution >= 4 is 28.8 Å². The van der Waals surface area contributed by atoms with Crippen molar-refractivity contribution in [1.82, 2.24) is 14.5 Å². The summed E-state index contributed by atoms with van der Waals surface area (Å²) in [5, 5.41) is 3.02. The van der Waals surface area contributed by atoms with Gasteiger partial charge in [0.15, 0.2) is 0 Å². The molecule has 8 nitrogen and oxygen atoms in total. The van der Waals surface area contributed by atoms with Crippen LogP contribution in [0.1, 0.15) is 41.2 Å². The summed E-state index contributed by atoms with van der Waals surface area (Å²) in [7, 11) is 1.64. The third-order valence-electron chi connectivity index (χ3n) is 6.24. The molecule has 1 aromatic heterocycles. The number of anilines is 1. The number of hydrogen-bond donors (Lipinski definition) is 1. The second-order valence-electron chi connectivity index (χ2n) is 8.59. The van der Waals surface area contributed by atoms with Gasteiger partial charge in [-0.05, 0) is 43.5 Å². The minimum absolute atomic E-state index is 0.0578. The zero-order valence-corrected chi connectivity index (χ0v) is 20.1. The molecule has 4 rings (SSSR count). The maximum atomic E-state index is 13.1. The largest absolute Gasteiger partial charge is 0.382 e. The van der Waals surface area contributed by atoms with E-state index in [1.165, 1.54) is 6.08 Å². The van der Waals surface area contributed by atoms with Crippen molar-refractivity contribution in [3.8, 4) is 0 Å². The van der Waals surface area contributed by atoms with Crippen molar-refractivity contribution in [3.05, 3.63) is 72.3 Å². The number of rotatable bonds is 9. The van der Waals surface area contributed by atoms with Crippen LogP contribution in [0.2, 0.25) is 0 Å². The second-order valence-corrected chi connectivity index (χ2v) is 8.59. The van der Waals surface area contributed by atoms with Gasteiger partial charge in [0.25, 0.3) is 5.91 Å². The molecule has 35 heavy (non-hydrogen) atoms. The van der Waals surface area contributed by atoms with Gasteiger partial charge in [0.1, 0.15) is 0 Å². The zero-order chi connectivity index (χ0) is 24.6. The Kier molecular flexibility index (Phi) is 8.28. The van der Waals surface area contributed by atoms with Crippen molar-refractivity contribution in [2.75, 3.05) is 38.7 Å². The van der Waals surface area contributed by atoms with E-state index in [9.17, 15) is 9.59 Å². The summed E-state index contributed by atoms with van der Waals surface area (Å²) >= 11 is 0. The molecule has 1 aliphatic rings. The number of imidazole rings is 1. The van der Waals surface area contributed by atoms with E-state index < -0.39 is 0 Å². The molecule has 2 heterocycles. The molecule has 0 radical (unpaired) electrons. The maximum absolute atomic E-state index is 13.1. The van der Waals surface area contributed by atoms with Gasteiger partial charge in [0.05, 0.1) is 36.9 Å². The summed E-state index contributed by atoms with van der Waals surface area (Å²) < 4.78 is 13.0. The summed E-state index contributed by atoms with van der Waals surface area (Å²) in [6, 6.07) is 14.9. The van der Waals surface area contributed by atoms with E-state index in [0.29, 0.717) is 44.4 Å². The number of likely N-dealkylation sites (tertiary alicyclic amines) is 1. The fourth-order valence-electron chi connectivity index (χ4n) is 4.53. The average Bonchev–Trinajstić information content (AvgIpc) is 3.07. The van der Waals surface area contributed by atoms with Crippen LogP contribution in [-0.4, -0.2) is 59.7 Å². The lowest BCUT2D eigenvalue weighted by Gasteiger charge is -2.26. The van der Waals surface area contributed by atoms with E-state index in [-0.39, 0.29) is 17.9 Å². The van der Waals surface area contributed by atoms with Gasteiger partial charge < -0.3 is 18.9 Å². The number of carbonyl (C=O) groups excluding carboxylic acids is 2. The van der Waals surface area contributed by atoms with Crippen molar-refractivity contribution in [2.45, 2.75) is 31.9 Å². The van der Waals surface area contributed by atoms with Crippen LogP contribution in [0.25, 0.3) is 11.0 Å². The number of hydrogen-bond acceptors (Lipinski definition) is 5. The molecule has 1 fully saturated rings. The molecule has 0 saturated carbocycles. The highest BCUT2D eigenvalue weighted by Crippen LogP contribution is 2.32. The fourth-order valence-corrected chi connectivity index (χ4v) is 4.53. The van der Waals surface area contributed by atoms with Crippen molar-refractivity contribution in [1.29, 1.82) is 0 Å². The van der Waals surface area contributed by atoms with Crippen molar-refractivity contribution < 1.29 is 19.1 Å². The third-order valence-corrected chi connectivity index (χ3v) is 6.24. The molecule has 1 N–H and O–H groups in total. The first-order valence-corrected chi connectivity index (χ1v) is 12.0. The first-order valence-electron chi connectivity index (χ1n) is 12.0. The van der Waals surface area contributed by atoms with E-state index >= 15 is 0 Å². The third kappa shape index (κ3) is 5.78. The molecule has 0 spiro atoms. The first kappa shape index (κ1) is 24.6. The minimum Gasteiger partial charge on any atom is -0.382 e. The molecule has 1 saturated heterocycles. The lowest BCUT2D eigenvalue weighted by Crippen LogP contribution is -2.34. The number of ether oxygens (including phenoxy) is 2. The number of nitrogens with zero attached hydrogens (tertiary/aromatic N) is 3. The van der Waals surface area contributed by atoms with Crippen LogP contribution in [0.5, 0.6) is 0 Å². The van der Waals surface area contributed by atoms with Gasteiger partial charge in [0.2, 0.25) is 11.9 Å². The quantitative estimate of drug-likeness (QED) is 0.370. The van der Waals surface area contributed by atoms with Crippen LogP contribution in [0, 0.1) is 0 Å². The van der Waals surface area contributed by atoms with Gasteiger partial charge in [-0.25, -0.2) is 4.98 Å². The topological polar surface area (TPSA) is 85.7 Å². The monoisotopic (exact) mass is 476 g/mol. The van der Waals surface area contributed by atoms with E-state index in [4.69, 9.17) is 14.5 Å². The van der Waals surface area contributed by atoms with Crippen LogP contribution in [0.4, 0.5) is 5.95 Å². The summed E-state index contributed by atoms with van der Waals surface area (Å²) in [6.45, 7) is 6.24. The highest BCUT2D eigenvalue weighted by Gasteiger charge is 2.27. The fraction of sp³-hybridized carbons (Fsp3) is 0.370. The summed E-state index contributed by atoms with van der Waals surface area (Å²) in [4.78, 5) is 32.2. The second kappa shape index (κ2) is 11.8. The van der Waals surface area contributed by atoms with Gasteiger partial charge in [-0.1, -0.05) is 36.9 Å². The van der Waals surface area contributed by atoms with Crippen LogP contribution in [0.3, 0.4) is 0 Å². The molecular formula is C27H32N4O4. The molecule has 1 atom stereocenters. The Morgan fingerprint density at radius 3 is 2.74 bits per heavy atom. The Balaban J connectivity index is 1.75. The Morgan fingerprint density at radius 1 is 1.14 bits per heavy atom. The molecule has 1 aliphatic heterocycles. The number of carbonyl (C=O) groups is 2. The number of fused-ring (bicyclic) bond motifs is 1. The Bertz CT molecular complexity index is 1170.